The molecule has 0 bridgehead atoms. The van der Waals surface area contributed by atoms with Crippen molar-refractivity contribution in [3.63, 3.8) is 0 Å². The highest BCUT2D eigenvalue weighted by Crippen LogP contribution is 2.16. The summed E-state index contributed by atoms with van der Waals surface area (Å²) in [4.78, 5) is 24.3. The van der Waals surface area contributed by atoms with Crippen molar-refractivity contribution in [2.45, 2.75) is 258 Å². The van der Waals surface area contributed by atoms with E-state index in [-0.39, 0.29) is 25.2 Å². The summed E-state index contributed by atoms with van der Waals surface area (Å²) in [6, 6.07) is 0. The highest BCUT2D eigenvalue weighted by molar-refractivity contribution is 5.70. The zero-order chi connectivity index (χ0) is 40.0. The Balaban J connectivity index is 3.43. The van der Waals surface area contributed by atoms with E-state index in [1.165, 1.54) is 173 Å². The van der Waals surface area contributed by atoms with Crippen LogP contribution in [0.1, 0.15) is 251 Å². The van der Waals surface area contributed by atoms with Gasteiger partial charge in [-0.05, 0) is 51.4 Å². The van der Waals surface area contributed by atoms with E-state index < -0.39 is 6.10 Å². The van der Waals surface area contributed by atoms with Crippen LogP contribution in [0.5, 0.6) is 0 Å². The molecule has 322 valence electrons. The minimum atomic E-state index is -0.766. The Morgan fingerprint density at radius 2 is 0.727 bits per heavy atom. The largest absolute Gasteiger partial charge is 0.462 e. The van der Waals surface area contributed by atoms with Gasteiger partial charge in [0.2, 0.25) is 0 Å². The summed E-state index contributed by atoms with van der Waals surface area (Å²) in [6.45, 7) is 4.13. The van der Waals surface area contributed by atoms with Crippen molar-refractivity contribution >= 4 is 11.9 Å². The highest BCUT2D eigenvalue weighted by atomic mass is 16.6. The van der Waals surface area contributed by atoms with E-state index in [0.29, 0.717) is 12.8 Å². The summed E-state index contributed by atoms with van der Waals surface area (Å²) < 4.78 is 10.6. The Morgan fingerprint density at radius 3 is 1.09 bits per heavy atom. The lowest BCUT2D eigenvalue weighted by atomic mass is 10.0. The van der Waals surface area contributed by atoms with Crippen LogP contribution in [-0.4, -0.2) is 36.4 Å². The Morgan fingerprint density at radius 1 is 0.418 bits per heavy atom. The lowest BCUT2D eigenvalue weighted by molar-refractivity contribution is -0.161. The predicted octanol–water partition coefficient (Wildman–Crippen LogP) is 15.6. The molecule has 0 saturated carbocycles. The third-order valence-corrected chi connectivity index (χ3v) is 10.7. The van der Waals surface area contributed by atoms with Crippen molar-refractivity contribution in [3.05, 3.63) is 36.5 Å². The molecule has 1 atom stereocenters. The molecule has 5 heteroatoms. The number of carbonyl (C=O) groups is 2. The smallest absolute Gasteiger partial charge is 0.306 e. The first kappa shape index (κ1) is 53.1. The molecule has 0 aromatic heterocycles. The molecule has 1 unspecified atom stereocenters. The molecule has 5 nitrogen and oxygen atoms in total. The fourth-order valence-corrected chi connectivity index (χ4v) is 7.03. The first-order valence-electron chi connectivity index (χ1n) is 24.0. The Hall–Kier alpha value is -1.88. The van der Waals surface area contributed by atoms with E-state index in [0.717, 1.165) is 51.4 Å². The molecule has 0 aromatic rings. The van der Waals surface area contributed by atoms with Crippen LogP contribution in [0.25, 0.3) is 0 Å². The number of aliphatic hydroxyl groups is 1. The minimum Gasteiger partial charge on any atom is -0.462 e. The van der Waals surface area contributed by atoms with Crippen molar-refractivity contribution in [1.29, 1.82) is 0 Å². The summed E-state index contributed by atoms with van der Waals surface area (Å²) in [5, 5.41) is 9.57. The molecular formula is C50H92O5. The van der Waals surface area contributed by atoms with Crippen molar-refractivity contribution < 1.29 is 24.2 Å². The van der Waals surface area contributed by atoms with Crippen LogP contribution in [0, 0.1) is 0 Å². The fraction of sp³-hybridized carbons (Fsp3) is 0.840. The fourth-order valence-electron chi connectivity index (χ4n) is 7.03. The maximum absolute atomic E-state index is 12.2. The number of aliphatic hydroxyl groups excluding tert-OH is 1. The number of carbonyl (C=O) groups excluding carboxylic acids is 2. The normalized spacial score (nSPS) is 12.4. The van der Waals surface area contributed by atoms with Crippen molar-refractivity contribution in [1.82, 2.24) is 0 Å². The van der Waals surface area contributed by atoms with Gasteiger partial charge in [0.15, 0.2) is 6.10 Å². The van der Waals surface area contributed by atoms with Gasteiger partial charge in [0, 0.05) is 12.8 Å². The molecule has 0 amide bonds. The molecule has 0 saturated heterocycles. The van der Waals surface area contributed by atoms with Gasteiger partial charge in [-0.2, -0.15) is 0 Å². The molecule has 0 rings (SSSR count). The molecule has 0 aliphatic heterocycles. The van der Waals surface area contributed by atoms with Crippen LogP contribution < -0.4 is 0 Å². The van der Waals surface area contributed by atoms with Gasteiger partial charge in [-0.15, -0.1) is 0 Å². The number of hydrogen-bond donors (Lipinski definition) is 1. The summed E-state index contributed by atoms with van der Waals surface area (Å²) in [6.07, 6.45) is 58.2. The topological polar surface area (TPSA) is 72.8 Å². The minimum absolute atomic E-state index is 0.0615. The summed E-state index contributed by atoms with van der Waals surface area (Å²) in [5.41, 5.74) is 0. The molecule has 0 fully saturated rings. The van der Waals surface area contributed by atoms with Crippen LogP contribution in [0.15, 0.2) is 36.5 Å². The van der Waals surface area contributed by atoms with Gasteiger partial charge in [-0.25, -0.2) is 0 Å². The highest BCUT2D eigenvalue weighted by Gasteiger charge is 2.16. The number of rotatable bonds is 44. The maximum Gasteiger partial charge on any atom is 0.306 e. The molecule has 0 heterocycles. The molecular weight excluding hydrogens is 681 g/mol. The predicted molar refractivity (Wildman–Crippen MR) is 238 cm³/mol. The maximum atomic E-state index is 12.2. The zero-order valence-electron chi connectivity index (χ0n) is 36.7. The Labute approximate surface area is 342 Å². The van der Waals surface area contributed by atoms with Crippen LogP contribution >= 0.6 is 0 Å². The monoisotopic (exact) mass is 773 g/mol. The molecule has 0 aromatic carbocycles. The van der Waals surface area contributed by atoms with Gasteiger partial charge < -0.3 is 14.6 Å². The van der Waals surface area contributed by atoms with Crippen molar-refractivity contribution in [3.8, 4) is 0 Å². The van der Waals surface area contributed by atoms with Crippen LogP contribution in [0.2, 0.25) is 0 Å². The second kappa shape index (κ2) is 46.5. The molecule has 55 heavy (non-hydrogen) atoms. The molecule has 0 spiro atoms. The second-order valence-corrected chi connectivity index (χ2v) is 16.2. The average molecular weight is 773 g/mol. The number of hydrogen-bond acceptors (Lipinski definition) is 5. The first-order valence-corrected chi connectivity index (χ1v) is 24.0. The summed E-state index contributed by atoms with van der Waals surface area (Å²) in [7, 11) is 0. The quantitative estimate of drug-likeness (QED) is 0.0379. The van der Waals surface area contributed by atoms with Crippen LogP contribution in [-0.2, 0) is 19.1 Å². The van der Waals surface area contributed by atoms with E-state index in [2.05, 4.69) is 50.3 Å². The molecule has 0 aliphatic rings. The lowest BCUT2D eigenvalue weighted by Gasteiger charge is -2.15. The Bertz CT molecular complexity index is 877. The van der Waals surface area contributed by atoms with Gasteiger partial charge in [0.25, 0.3) is 0 Å². The number of allylic oxidation sites excluding steroid dienone is 6. The second-order valence-electron chi connectivity index (χ2n) is 16.2. The van der Waals surface area contributed by atoms with Gasteiger partial charge in [-0.1, -0.05) is 224 Å². The van der Waals surface area contributed by atoms with Crippen molar-refractivity contribution in [2.24, 2.45) is 0 Å². The molecule has 1 N–H and O–H groups in total. The SMILES string of the molecule is CCCCCCC/C=C\C/C=C\C/C=C\CCCCCCCCCCCCCCCCCCC(=O)OC(CO)COC(=O)CCCCCCCCCCCC. The van der Waals surface area contributed by atoms with Crippen LogP contribution in [0.4, 0.5) is 0 Å². The van der Waals surface area contributed by atoms with Gasteiger partial charge in [-0.3, -0.25) is 9.59 Å². The first-order chi connectivity index (χ1) is 27.1. The van der Waals surface area contributed by atoms with Gasteiger partial charge >= 0.3 is 11.9 Å². The third kappa shape index (κ3) is 44.7. The van der Waals surface area contributed by atoms with Crippen LogP contribution in [0.3, 0.4) is 0 Å². The van der Waals surface area contributed by atoms with E-state index in [9.17, 15) is 14.7 Å². The zero-order valence-corrected chi connectivity index (χ0v) is 36.7. The average Bonchev–Trinajstić information content (AvgIpc) is 3.19. The lowest BCUT2D eigenvalue weighted by Crippen LogP contribution is -2.28. The van der Waals surface area contributed by atoms with E-state index in [1.807, 2.05) is 0 Å². The third-order valence-electron chi connectivity index (χ3n) is 10.7. The van der Waals surface area contributed by atoms with Gasteiger partial charge in [0.1, 0.15) is 6.61 Å². The number of ether oxygens (including phenoxy) is 2. The Kier molecular flexibility index (Phi) is 44.9. The van der Waals surface area contributed by atoms with Gasteiger partial charge in [0.05, 0.1) is 6.61 Å². The molecule has 0 radical (unpaired) electrons. The van der Waals surface area contributed by atoms with E-state index >= 15 is 0 Å². The molecule has 0 aliphatic carbocycles. The standard InChI is InChI=1S/C50H92O5/c1-3-5-7-9-11-13-15-16-17-18-19-20-21-22-23-24-25-26-27-28-29-30-31-32-33-34-35-37-39-41-43-45-50(53)55-48(46-51)47-54-49(52)44-42-40-38-36-14-12-10-8-6-4-2/h15-16,18-19,21-22,48,51H,3-14,17,20,23-47H2,1-2H3/b16-15-,19-18-,22-21-. The van der Waals surface area contributed by atoms with Crippen molar-refractivity contribution in [2.75, 3.05) is 13.2 Å². The number of unbranched alkanes of at least 4 members (excludes halogenated alkanes) is 30. The summed E-state index contributed by atoms with van der Waals surface area (Å²) in [5.74, 6) is -0.583. The van der Waals surface area contributed by atoms with E-state index in [4.69, 9.17) is 9.47 Å². The van der Waals surface area contributed by atoms with E-state index in [1.54, 1.807) is 0 Å². The number of esters is 2. The summed E-state index contributed by atoms with van der Waals surface area (Å²) >= 11 is 0.